The molecule has 0 unspecified atom stereocenters. The van der Waals surface area contributed by atoms with Gasteiger partial charge >= 0.3 is 257 Å². The van der Waals surface area contributed by atoms with Gasteiger partial charge in [-0.15, -0.1) is 0 Å². The molecule has 0 aromatic rings. The van der Waals surface area contributed by atoms with Crippen LogP contribution in [0.2, 0.25) is 0 Å². The quantitative estimate of drug-likeness (QED) is 0.227. The Labute approximate surface area is 308 Å². The van der Waals surface area contributed by atoms with Crippen LogP contribution >= 0.6 is 230 Å². The van der Waals surface area contributed by atoms with E-state index in [1.54, 1.807) is 0 Å². The minimum absolute atomic E-state index is 0. The molecular weight excluding hydrogens is 2200 g/mol. The van der Waals surface area contributed by atoms with Crippen molar-refractivity contribution in [2.45, 2.75) is 0 Å². The van der Waals surface area contributed by atoms with Crippen LogP contribution in [0.4, 0.5) is 0 Å². The molecule has 0 aliphatic heterocycles. The zero-order valence-electron chi connectivity index (χ0n) is 11.4. The molecule has 0 atom stereocenters. The Kier molecular flexibility index (Phi) is 25.0. The van der Waals surface area contributed by atoms with Gasteiger partial charge < -0.3 is 0 Å². The van der Waals surface area contributed by atoms with Crippen LogP contribution in [0.25, 0.3) is 0 Å². The molecule has 0 aromatic heterocycles. The van der Waals surface area contributed by atoms with Crippen molar-refractivity contribution in [3.63, 3.8) is 0 Å². The molecule has 243 valence electrons. The fourth-order valence-corrected chi connectivity index (χ4v) is 0. The first-order valence-corrected chi connectivity index (χ1v) is 74.3. The Hall–Kier alpha value is 11.5. The Morgan fingerprint density at radius 2 is 0.161 bits per heavy atom. The van der Waals surface area contributed by atoms with Crippen LogP contribution in [0.1, 0.15) is 0 Å². The molecule has 0 aliphatic rings. The van der Waals surface area contributed by atoms with Gasteiger partial charge in [-0.05, 0) is 0 Å². The summed E-state index contributed by atoms with van der Waals surface area (Å²) in [5.41, 5.74) is 0. The first-order valence-electron chi connectivity index (χ1n) is 3.02. The smallest absolute Gasteiger partial charge is 0 e. The van der Waals surface area contributed by atoms with E-state index in [1.165, 1.54) is 0 Å². The van der Waals surface area contributed by atoms with Crippen molar-refractivity contribution in [2.75, 3.05) is 0 Å². The molecule has 0 bridgehead atoms. The summed E-state index contributed by atoms with van der Waals surface area (Å²) in [6, 6.07) is 0. The van der Waals surface area contributed by atoms with E-state index in [1.807, 2.05) is 0 Å². The summed E-state index contributed by atoms with van der Waals surface area (Å²) in [5, 5.41) is 0. The van der Waals surface area contributed by atoms with Crippen molar-refractivity contribution in [3.05, 3.63) is 0 Å². The Morgan fingerprint density at radius 1 is 0.161 bits per heavy atom. The van der Waals surface area contributed by atoms with Crippen LogP contribution in [0, 0.1) is 0 Å². The minimum Gasteiger partial charge on any atom is 0 e. The maximum atomic E-state index is 5.06. The Balaban J connectivity index is -0.0000000480. The summed E-state index contributed by atoms with van der Waals surface area (Å²) in [6.07, 6.45) is 0. The molecule has 0 saturated carbocycles. The van der Waals surface area contributed by atoms with Crippen LogP contribution in [-0.2, 0) is 87.5 Å². The van der Waals surface area contributed by atoms with Crippen LogP contribution in [0.15, 0.2) is 0 Å². The van der Waals surface area contributed by atoms with Gasteiger partial charge in [0, 0.05) is 60.3 Å². The summed E-state index contributed by atoms with van der Waals surface area (Å²) < 4.78 is 0. The van der Waals surface area contributed by atoms with E-state index < -0.39 is 27.2 Å². The SMILES string of the molecule is [Cl][Ir-3]([Cl])([Cl])([Cl])([Cl])[Cl].[Cl][Ir-3]([Cl])([Cl])([Cl])([Cl])[Cl].[Cl][Ir-3]([Cl])([Cl])([Cl])([Cl])[Cl].[Cl][Ir-3]([Cl])([Cl])([Cl])([Cl])[Cl].[Ir].[Ir].[Ir]. The third-order valence-electron chi connectivity index (χ3n) is 0. The largest absolute Gasteiger partial charge is 0 e. The van der Waals surface area contributed by atoms with Gasteiger partial charge in [0.05, 0.1) is 0 Å². The van der Waals surface area contributed by atoms with Crippen molar-refractivity contribution in [3.8, 4) is 0 Å². The zero-order valence-corrected chi connectivity index (χ0v) is 46.3. The molecule has 0 aliphatic carbocycles. The molecule has 31 heteroatoms. The molecule has 0 nitrogen and oxygen atoms in total. The van der Waals surface area contributed by atoms with Crippen molar-refractivity contribution in [1.82, 2.24) is 0 Å². The van der Waals surface area contributed by atoms with Crippen molar-refractivity contribution >= 4 is 230 Å². The molecule has 0 saturated heterocycles. The molecule has 0 spiro atoms. The molecule has 0 aromatic carbocycles. The first-order chi connectivity index (χ1) is 9.80. The van der Waals surface area contributed by atoms with Gasteiger partial charge in [-0.1, -0.05) is 0 Å². The van der Waals surface area contributed by atoms with Gasteiger partial charge in [-0.25, -0.2) is 0 Å². The molecule has 0 heterocycles. The standard InChI is InChI=1S/24ClH.7Ir/h24*1H;;;;;;;/q;;;;;;;;;;;;;;;;;;;;;;;;;;;4*+3/p-24. The topological polar surface area (TPSA) is 0 Å². The summed E-state index contributed by atoms with van der Waals surface area (Å²) in [5.74, 6) is 0. The second-order valence-electron chi connectivity index (χ2n) is 2.86. The van der Waals surface area contributed by atoms with Crippen LogP contribution in [0.3, 0.4) is 0 Å². The predicted molar refractivity (Wildman–Crippen MR) is 140 cm³/mol. The Morgan fingerprint density at radius 3 is 0.161 bits per heavy atom. The van der Waals surface area contributed by atoms with Gasteiger partial charge in [0.15, 0.2) is 0 Å². The molecule has 0 rings (SSSR count). The van der Waals surface area contributed by atoms with Gasteiger partial charge in [-0.3, -0.25) is 0 Å². The summed E-state index contributed by atoms with van der Waals surface area (Å²) in [6.45, 7) is -21.3. The summed E-state index contributed by atoms with van der Waals surface area (Å²) >= 11 is 0. The van der Waals surface area contributed by atoms with Crippen molar-refractivity contribution < 1.29 is 87.5 Å². The van der Waals surface area contributed by atoms with E-state index in [4.69, 9.17) is 230 Å². The number of halogens is 24. The second kappa shape index (κ2) is 13.3. The average molecular weight is 2200 g/mol. The Bertz CT molecular complexity index is 378. The molecule has 0 N–H and O–H groups in total. The van der Waals surface area contributed by atoms with Gasteiger partial charge in [0.2, 0.25) is 0 Å². The van der Waals surface area contributed by atoms with E-state index in [0.29, 0.717) is 0 Å². The normalized spacial score (nSPS) is 20.9. The van der Waals surface area contributed by atoms with Gasteiger partial charge in [0.1, 0.15) is 0 Å². The number of hydrogen-bond donors (Lipinski definition) is 0. The third-order valence-corrected chi connectivity index (χ3v) is 0. The summed E-state index contributed by atoms with van der Waals surface area (Å²) in [4.78, 5) is 0. The molecule has 31 heavy (non-hydrogen) atoms. The van der Waals surface area contributed by atoms with E-state index in [-0.39, 0.29) is 60.3 Å². The maximum Gasteiger partial charge on any atom is 0 e. The first kappa shape index (κ1) is 58.1. The fraction of sp³-hybridized carbons (Fsp3) is 0. The van der Waals surface area contributed by atoms with Crippen LogP contribution in [-0.4, -0.2) is 0 Å². The molecule has 0 fully saturated rings. The number of rotatable bonds is 0. The predicted octanol–water partition coefficient (Wildman–Crippen LogP) is 16.5. The van der Waals surface area contributed by atoms with Crippen LogP contribution in [0.5, 0.6) is 0 Å². The maximum absolute atomic E-state index is 5.33. The van der Waals surface area contributed by atoms with E-state index >= 15 is 0 Å². The van der Waals surface area contributed by atoms with Crippen molar-refractivity contribution in [2.24, 2.45) is 0 Å². The third kappa shape index (κ3) is 489. The molecule has 3 radical (unpaired) electrons. The minimum atomic E-state index is -5.33. The van der Waals surface area contributed by atoms with E-state index in [0.717, 1.165) is 0 Å². The van der Waals surface area contributed by atoms with Gasteiger partial charge in [-0.2, -0.15) is 0 Å². The molecule has 0 amide bonds. The van der Waals surface area contributed by atoms with Gasteiger partial charge in [0.25, 0.3) is 0 Å². The monoisotopic (exact) mass is 2190 g/mol. The van der Waals surface area contributed by atoms with E-state index in [2.05, 4.69) is 0 Å². The average Bonchev–Trinajstić information content (AvgIpc) is 1.39. The second-order valence-corrected chi connectivity index (χ2v) is 210. The van der Waals surface area contributed by atoms with E-state index in [9.17, 15) is 0 Å². The fourth-order valence-electron chi connectivity index (χ4n) is 0. The zero-order chi connectivity index (χ0) is 25.6. The molecular formula is Cl24Ir7-12. The van der Waals surface area contributed by atoms with Crippen molar-refractivity contribution in [1.29, 1.82) is 0 Å². The van der Waals surface area contributed by atoms with Crippen LogP contribution < -0.4 is 0 Å². The number of hydrogen-bond acceptors (Lipinski definition) is 0. The summed E-state index contributed by atoms with van der Waals surface area (Å²) in [7, 11) is 121.